The molecule has 3 saturated carbocycles. The minimum Gasteiger partial charge on any atom is -0.493 e. The summed E-state index contributed by atoms with van der Waals surface area (Å²) in [6, 6.07) is 5.93. The molecule has 4 aliphatic rings. The zero-order valence-corrected chi connectivity index (χ0v) is 20.7. The van der Waals surface area contributed by atoms with Crippen molar-refractivity contribution in [1.82, 2.24) is 0 Å². The van der Waals surface area contributed by atoms with Crippen LogP contribution in [0.15, 0.2) is 45.7 Å². The molecule has 0 spiro atoms. The average molecular weight is 465 g/mol. The van der Waals surface area contributed by atoms with Crippen molar-refractivity contribution in [2.75, 3.05) is 14.2 Å². The Kier molecular flexibility index (Phi) is 5.73. The van der Waals surface area contributed by atoms with E-state index < -0.39 is 0 Å². The molecule has 6 heteroatoms. The van der Waals surface area contributed by atoms with Crippen LogP contribution < -0.4 is 9.47 Å². The quantitative estimate of drug-likeness (QED) is 0.405. The highest BCUT2D eigenvalue weighted by molar-refractivity contribution is 6.09. The highest BCUT2D eigenvalue weighted by atomic mass is 16.5. The molecule has 0 unspecified atom stereocenters. The van der Waals surface area contributed by atoms with Crippen LogP contribution in [0, 0.1) is 28.6 Å². The van der Waals surface area contributed by atoms with E-state index in [0.29, 0.717) is 29.3 Å². The van der Waals surface area contributed by atoms with Crippen molar-refractivity contribution in [3.05, 3.63) is 41.0 Å². The van der Waals surface area contributed by atoms with Crippen LogP contribution in [0.4, 0.5) is 0 Å². The number of nitrogens with zero attached hydrogens (tertiary/aromatic N) is 2. The number of hydrogen-bond acceptors (Lipinski definition) is 6. The predicted molar refractivity (Wildman–Crippen MR) is 133 cm³/mol. The molecule has 1 aromatic carbocycles. The largest absolute Gasteiger partial charge is 0.493 e. The third kappa shape index (κ3) is 3.37. The Bertz CT molecular complexity index is 1100. The Labute approximate surface area is 202 Å². The van der Waals surface area contributed by atoms with Crippen molar-refractivity contribution in [2.24, 2.45) is 38.9 Å². The third-order valence-electron chi connectivity index (χ3n) is 9.63. The van der Waals surface area contributed by atoms with Crippen LogP contribution in [-0.4, -0.2) is 36.1 Å². The summed E-state index contributed by atoms with van der Waals surface area (Å²) in [4.78, 5) is 0. The maximum atomic E-state index is 10.1. The number of ether oxygens (including phenoxy) is 2. The van der Waals surface area contributed by atoms with Gasteiger partial charge in [-0.15, -0.1) is 0 Å². The Balaban J connectivity index is 1.48. The third-order valence-corrected chi connectivity index (χ3v) is 9.63. The second-order valence-corrected chi connectivity index (χ2v) is 11.0. The van der Waals surface area contributed by atoms with E-state index in [1.54, 1.807) is 14.2 Å². The summed E-state index contributed by atoms with van der Waals surface area (Å²) < 4.78 is 10.9. The highest BCUT2D eigenvalue weighted by Gasteiger charge is 2.59. The summed E-state index contributed by atoms with van der Waals surface area (Å²) in [5, 5.41) is 26.9. The monoisotopic (exact) mass is 464 g/mol. The van der Waals surface area contributed by atoms with Gasteiger partial charge in [0.15, 0.2) is 11.5 Å². The lowest BCUT2D eigenvalue weighted by Crippen LogP contribution is -2.50. The first-order valence-corrected chi connectivity index (χ1v) is 12.5. The summed E-state index contributed by atoms with van der Waals surface area (Å²) in [5.74, 6) is 3.09. The van der Waals surface area contributed by atoms with Gasteiger partial charge in [0.2, 0.25) is 0 Å². The van der Waals surface area contributed by atoms with Crippen LogP contribution >= 0.6 is 0 Å². The normalized spacial score (nSPS) is 38.3. The summed E-state index contributed by atoms with van der Waals surface area (Å²) in [6.07, 6.45) is 11.5. The molecule has 6 nitrogen and oxygen atoms in total. The fourth-order valence-corrected chi connectivity index (χ4v) is 7.79. The number of fused-ring (bicyclic) bond motifs is 5. The number of allylic oxidation sites excluding steroid dienone is 3. The van der Waals surface area contributed by atoms with Gasteiger partial charge in [0.1, 0.15) is 0 Å². The van der Waals surface area contributed by atoms with Crippen LogP contribution in [0.5, 0.6) is 11.5 Å². The molecule has 2 N–H and O–H groups in total. The second-order valence-electron chi connectivity index (χ2n) is 11.0. The smallest absolute Gasteiger partial charge is 0.161 e. The van der Waals surface area contributed by atoms with Gasteiger partial charge in [0.05, 0.1) is 25.6 Å². The number of oxime groups is 2. The Morgan fingerprint density at radius 1 is 0.941 bits per heavy atom. The van der Waals surface area contributed by atoms with Gasteiger partial charge in [-0.1, -0.05) is 35.8 Å². The van der Waals surface area contributed by atoms with Crippen LogP contribution in [0.1, 0.15) is 64.4 Å². The van der Waals surface area contributed by atoms with E-state index in [1.807, 2.05) is 18.2 Å². The van der Waals surface area contributed by atoms with Crippen molar-refractivity contribution < 1.29 is 19.9 Å². The highest BCUT2D eigenvalue weighted by Crippen LogP contribution is 2.65. The van der Waals surface area contributed by atoms with Crippen LogP contribution in [0.2, 0.25) is 0 Å². The molecule has 182 valence electrons. The van der Waals surface area contributed by atoms with Gasteiger partial charge in [0.25, 0.3) is 0 Å². The van der Waals surface area contributed by atoms with Gasteiger partial charge in [-0.2, -0.15) is 0 Å². The van der Waals surface area contributed by atoms with Crippen molar-refractivity contribution in [3.8, 4) is 11.5 Å². The maximum absolute atomic E-state index is 10.1. The lowest BCUT2D eigenvalue weighted by atomic mass is 9.47. The van der Waals surface area contributed by atoms with Crippen molar-refractivity contribution in [2.45, 2.75) is 58.8 Å². The van der Waals surface area contributed by atoms with Gasteiger partial charge in [-0.3, -0.25) is 0 Å². The maximum Gasteiger partial charge on any atom is 0.161 e. The van der Waals surface area contributed by atoms with Crippen molar-refractivity contribution >= 4 is 17.5 Å². The molecule has 5 rings (SSSR count). The molecule has 0 bridgehead atoms. The topological polar surface area (TPSA) is 83.6 Å². The Morgan fingerprint density at radius 3 is 2.44 bits per heavy atom. The Morgan fingerprint density at radius 2 is 1.74 bits per heavy atom. The van der Waals surface area contributed by atoms with Crippen LogP contribution in [-0.2, 0) is 0 Å². The first-order chi connectivity index (χ1) is 16.4. The minimum atomic E-state index is -0.109. The van der Waals surface area contributed by atoms with E-state index >= 15 is 0 Å². The van der Waals surface area contributed by atoms with Gasteiger partial charge >= 0.3 is 0 Å². The standard InChI is InChI=1S/C28H36N2O4/c1-27-11-9-20(29-31)16-19(27)6-7-21-22(27)10-12-28(2)23(21)15-18(26(28)30-32)13-17-5-8-24(33-3)25(14-17)34-4/h5,8,13-14,16,21-23,31-32H,6-7,9-12,15H2,1-4H3/t21-,22+,23+,27+,28+/m1/s1. The molecule has 0 saturated heterocycles. The molecular weight excluding hydrogens is 428 g/mol. The minimum absolute atomic E-state index is 0.109. The zero-order chi connectivity index (χ0) is 24.1. The van der Waals surface area contributed by atoms with E-state index in [1.165, 1.54) is 5.57 Å². The van der Waals surface area contributed by atoms with Gasteiger partial charge < -0.3 is 19.9 Å². The van der Waals surface area contributed by atoms with Gasteiger partial charge in [-0.05, 0) is 104 Å². The summed E-state index contributed by atoms with van der Waals surface area (Å²) >= 11 is 0. The first-order valence-electron chi connectivity index (χ1n) is 12.5. The number of hydrogen-bond donors (Lipinski definition) is 2. The summed E-state index contributed by atoms with van der Waals surface area (Å²) in [5.41, 5.74) is 5.36. The van der Waals surface area contributed by atoms with Gasteiger partial charge in [-0.25, -0.2) is 0 Å². The van der Waals surface area contributed by atoms with Crippen LogP contribution in [0.3, 0.4) is 0 Å². The molecule has 3 fully saturated rings. The summed E-state index contributed by atoms with van der Waals surface area (Å²) in [7, 11) is 3.29. The fraction of sp³-hybridized carbons (Fsp3) is 0.571. The predicted octanol–water partition coefficient (Wildman–Crippen LogP) is 6.32. The van der Waals surface area contributed by atoms with Crippen molar-refractivity contribution in [3.63, 3.8) is 0 Å². The number of methoxy groups -OCH3 is 2. The molecular formula is C28H36N2O4. The molecule has 0 heterocycles. The first kappa shape index (κ1) is 23.0. The lowest BCUT2D eigenvalue weighted by Gasteiger charge is -2.57. The Hall–Kier alpha value is -2.76. The molecule has 34 heavy (non-hydrogen) atoms. The molecule has 1 aromatic rings. The molecule has 0 aliphatic heterocycles. The van der Waals surface area contributed by atoms with Gasteiger partial charge in [0, 0.05) is 5.41 Å². The molecule has 0 amide bonds. The average Bonchev–Trinajstić information content (AvgIpc) is 3.14. The molecule has 0 radical (unpaired) electrons. The van der Waals surface area contributed by atoms with E-state index in [2.05, 4.69) is 36.3 Å². The summed E-state index contributed by atoms with van der Waals surface area (Å²) in [6.45, 7) is 4.74. The van der Waals surface area contributed by atoms with E-state index in [0.717, 1.165) is 67.5 Å². The van der Waals surface area contributed by atoms with E-state index in [-0.39, 0.29) is 10.8 Å². The number of rotatable bonds is 3. The zero-order valence-electron chi connectivity index (χ0n) is 20.7. The van der Waals surface area contributed by atoms with E-state index in [4.69, 9.17) is 9.47 Å². The van der Waals surface area contributed by atoms with Crippen LogP contribution in [0.25, 0.3) is 6.08 Å². The second kappa shape index (κ2) is 8.47. The fourth-order valence-electron chi connectivity index (χ4n) is 7.79. The SMILES string of the molecule is COc1ccc(C=C2C[C@H]3[C@@H]4CCC5=CC(=NO)CC[C@]5(C)[C@H]4CC[C@]3(C)C2=NO)cc1OC. The van der Waals surface area contributed by atoms with Crippen molar-refractivity contribution in [1.29, 1.82) is 0 Å². The van der Waals surface area contributed by atoms with E-state index in [9.17, 15) is 10.4 Å². The molecule has 0 aromatic heterocycles. The molecule has 5 atom stereocenters. The lowest BCUT2D eigenvalue weighted by molar-refractivity contribution is -0.0151. The number of benzene rings is 1. The molecule has 4 aliphatic carbocycles.